The molecular formula is C22H28N6O2S. The van der Waals surface area contributed by atoms with Crippen molar-refractivity contribution in [3.8, 4) is 5.69 Å². The minimum absolute atomic E-state index is 0.105. The fourth-order valence-corrected chi connectivity index (χ4v) is 3.88. The Bertz CT molecular complexity index is 1010. The second-order valence-electron chi connectivity index (χ2n) is 6.87. The molecule has 0 amide bonds. The Kier molecular flexibility index (Phi) is 7.77. The number of esters is 1. The van der Waals surface area contributed by atoms with Crippen LogP contribution in [0.4, 0.5) is 0 Å². The largest absolute Gasteiger partial charge is 0.462 e. The number of nitrogens with zero attached hydrogens (tertiary/aromatic N) is 4. The van der Waals surface area contributed by atoms with E-state index in [4.69, 9.17) is 9.73 Å². The van der Waals surface area contributed by atoms with E-state index in [-0.39, 0.29) is 12.0 Å². The quantitative estimate of drug-likeness (QED) is 0.316. The maximum atomic E-state index is 12.1. The first kappa shape index (κ1) is 22.5. The number of rotatable bonds is 8. The summed E-state index contributed by atoms with van der Waals surface area (Å²) in [5, 5.41) is 11.7. The van der Waals surface area contributed by atoms with Crippen molar-refractivity contribution in [1.82, 2.24) is 25.4 Å². The van der Waals surface area contributed by atoms with Crippen LogP contribution in [0.5, 0.6) is 0 Å². The van der Waals surface area contributed by atoms with Crippen LogP contribution in [0, 0.1) is 6.92 Å². The molecule has 0 aliphatic rings. The second-order valence-corrected chi connectivity index (χ2v) is 7.90. The molecule has 2 N–H and O–H groups in total. The van der Waals surface area contributed by atoms with Crippen molar-refractivity contribution in [1.29, 1.82) is 0 Å². The fourth-order valence-electron chi connectivity index (χ4n) is 2.92. The third kappa shape index (κ3) is 5.91. The third-order valence-electron chi connectivity index (χ3n) is 4.47. The van der Waals surface area contributed by atoms with Crippen molar-refractivity contribution < 1.29 is 9.53 Å². The van der Waals surface area contributed by atoms with Gasteiger partial charge in [0, 0.05) is 18.9 Å². The van der Waals surface area contributed by atoms with E-state index >= 15 is 0 Å². The predicted molar refractivity (Wildman–Crippen MR) is 123 cm³/mol. The number of carbonyl (C=O) groups excluding carboxylic acids is 1. The number of carbonyl (C=O) groups is 1. The van der Waals surface area contributed by atoms with Crippen molar-refractivity contribution in [3.63, 3.8) is 0 Å². The molecule has 3 aromatic rings. The topological polar surface area (TPSA) is 93.4 Å². The van der Waals surface area contributed by atoms with Crippen LogP contribution < -0.4 is 10.6 Å². The second kappa shape index (κ2) is 10.7. The normalized spacial score (nSPS) is 12.5. The summed E-state index contributed by atoms with van der Waals surface area (Å²) in [6, 6.07) is 9.93. The number of hydrogen-bond donors (Lipinski definition) is 2. The molecule has 31 heavy (non-hydrogen) atoms. The number of thiazole rings is 1. The standard InChI is InChI=1S/C22H28N6O2S/c1-5-23-22(24-14-17-8-10-18(11-9-17)28-13-7-12-25-28)27-16(4)20-26-15(3)19(31-20)21(29)30-6-2/h7-13,16H,5-6,14H2,1-4H3,(H2,23,24,27). The number of aromatic nitrogens is 3. The summed E-state index contributed by atoms with van der Waals surface area (Å²) in [6.45, 7) is 9.26. The van der Waals surface area contributed by atoms with Gasteiger partial charge in [-0.2, -0.15) is 5.10 Å². The Morgan fingerprint density at radius 3 is 2.71 bits per heavy atom. The first-order valence-electron chi connectivity index (χ1n) is 10.3. The molecule has 9 heteroatoms. The van der Waals surface area contributed by atoms with Gasteiger partial charge in [0.25, 0.3) is 0 Å². The van der Waals surface area contributed by atoms with Gasteiger partial charge in [0.15, 0.2) is 5.96 Å². The molecule has 0 spiro atoms. The first-order valence-corrected chi connectivity index (χ1v) is 11.1. The van der Waals surface area contributed by atoms with Gasteiger partial charge in [-0.05, 0) is 51.5 Å². The lowest BCUT2D eigenvalue weighted by Gasteiger charge is -2.16. The van der Waals surface area contributed by atoms with E-state index in [9.17, 15) is 4.79 Å². The van der Waals surface area contributed by atoms with Gasteiger partial charge in [0.2, 0.25) is 0 Å². The van der Waals surface area contributed by atoms with E-state index in [2.05, 4.69) is 20.7 Å². The molecule has 0 saturated carbocycles. The van der Waals surface area contributed by atoms with Gasteiger partial charge in [-0.25, -0.2) is 19.5 Å². The van der Waals surface area contributed by atoms with Gasteiger partial charge >= 0.3 is 5.97 Å². The third-order valence-corrected chi connectivity index (χ3v) is 5.79. The minimum Gasteiger partial charge on any atom is -0.462 e. The lowest BCUT2D eigenvalue weighted by atomic mass is 10.2. The summed E-state index contributed by atoms with van der Waals surface area (Å²) in [7, 11) is 0. The van der Waals surface area contributed by atoms with E-state index in [0.29, 0.717) is 29.7 Å². The summed E-state index contributed by atoms with van der Waals surface area (Å²) in [6.07, 6.45) is 3.67. The van der Waals surface area contributed by atoms with E-state index in [0.717, 1.165) is 22.8 Å². The number of guanidine groups is 1. The molecule has 0 aliphatic heterocycles. The summed E-state index contributed by atoms with van der Waals surface area (Å²) in [5.74, 6) is 0.367. The van der Waals surface area contributed by atoms with Crippen molar-refractivity contribution >= 4 is 23.3 Å². The van der Waals surface area contributed by atoms with Gasteiger partial charge in [-0.1, -0.05) is 12.1 Å². The number of benzene rings is 1. The minimum atomic E-state index is -0.324. The number of hydrogen-bond acceptors (Lipinski definition) is 6. The molecule has 0 saturated heterocycles. The van der Waals surface area contributed by atoms with E-state index < -0.39 is 0 Å². The zero-order valence-corrected chi connectivity index (χ0v) is 19.1. The van der Waals surface area contributed by atoms with Crippen LogP contribution in [0.25, 0.3) is 5.69 Å². The first-order chi connectivity index (χ1) is 15.0. The summed E-state index contributed by atoms with van der Waals surface area (Å²) < 4.78 is 6.93. The molecule has 0 fully saturated rings. The monoisotopic (exact) mass is 440 g/mol. The van der Waals surface area contributed by atoms with Crippen LogP contribution >= 0.6 is 11.3 Å². The van der Waals surface area contributed by atoms with Crippen molar-refractivity contribution in [2.24, 2.45) is 4.99 Å². The Morgan fingerprint density at radius 2 is 2.06 bits per heavy atom. The summed E-state index contributed by atoms with van der Waals surface area (Å²) in [4.78, 5) is 21.9. The Balaban J connectivity index is 1.67. The number of aryl methyl sites for hydroxylation is 1. The average Bonchev–Trinajstić information content (AvgIpc) is 3.43. The van der Waals surface area contributed by atoms with E-state index in [1.54, 1.807) is 13.1 Å². The maximum Gasteiger partial charge on any atom is 0.350 e. The molecular weight excluding hydrogens is 412 g/mol. The van der Waals surface area contributed by atoms with Crippen LogP contribution in [-0.2, 0) is 11.3 Å². The molecule has 8 nitrogen and oxygen atoms in total. The molecule has 0 bridgehead atoms. The van der Waals surface area contributed by atoms with Crippen molar-refractivity contribution in [3.05, 3.63) is 63.9 Å². The predicted octanol–water partition coefficient (Wildman–Crippen LogP) is 3.63. The maximum absolute atomic E-state index is 12.1. The summed E-state index contributed by atoms with van der Waals surface area (Å²) in [5.41, 5.74) is 2.79. The highest BCUT2D eigenvalue weighted by Gasteiger charge is 2.20. The van der Waals surface area contributed by atoms with Crippen LogP contribution in [0.3, 0.4) is 0 Å². The molecule has 164 valence electrons. The fraction of sp³-hybridized carbons (Fsp3) is 0.364. The van der Waals surface area contributed by atoms with Crippen molar-refractivity contribution in [2.75, 3.05) is 13.2 Å². The van der Waals surface area contributed by atoms with Gasteiger partial charge in [-0.15, -0.1) is 11.3 Å². The van der Waals surface area contributed by atoms with Crippen LogP contribution in [0.2, 0.25) is 0 Å². The van der Waals surface area contributed by atoms with E-state index in [1.165, 1.54) is 11.3 Å². The smallest absolute Gasteiger partial charge is 0.350 e. The Hall–Kier alpha value is -3.20. The zero-order chi connectivity index (χ0) is 22.2. The van der Waals surface area contributed by atoms with Crippen molar-refractivity contribution in [2.45, 2.75) is 40.3 Å². The van der Waals surface area contributed by atoms with Gasteiger partial charge in [0.05, 0.1) is 30.6 Å². The van der Waals surface area contributed by atoms with Crippen LogP contribution in [0.15, 0.2) is 47.7 Å². The number of aliphatic imine (C=N–C) groups is 1. The van der Waals surface area contributed by atoms with Gasteiger partial charge in [0.1, 0.15) is 9.88 Å². The lowest BCUT2D eigenvalue weighted by Crippen LogP contribution is -2.38. The molecule has 3 rings (SSSR count). The molecule has 1 atom stereocenters. The summed E-state index contributed by atoms with van der Waals surface area (Å²) >= 11 is 1.35. The average molecular weight is 441 g/mol. The Labute approximate surface area is 186 Å². The lowest BCUT2D eigenvalue weighted by molar-refractivity contribution is 0.0531. The highest BCUT2D eigenvalue weighted by atomic mass is 32.1. The van der Waals surface area contributed by atoms with Gasteiger partial charge < -0.3 is 15.4 Å². The van der Waals surface area contributed by atoms with Crippen LogP contribution in [-0.4, -0.2) is 39.8 Å². The zero-order valence-electron chi connectivity index (χ0n) is 18.3. The van der Waals surface area contributed by atoms with E-state index in [1.807, 2.05) is 62.0 Å². The van der Waals surface area contributed by atoms with Gasteiger partial charge in [-0.3, -0.25) is 0 Å². The molecule has 0 radical (unpaired) electrons. The SMILES string of the molecule is CCNC(=NCc1ccc(-n2cccn2)cc1)NC(C)c1nc(C)c(C(=O)OCC)s1. The highest BCUT2D eigenvalue weighted by Crippen LogP contribution is 2.24. The molecule has 2 aromatic heterocycles. The molecule has 1 unspecified atom stereocenters. The Morgan fingerprint density at radius 1 is 1.29 bits per heavy atom. The number of ether oxygens (including phenoxy) is 1. The molecule has 2 heterocycles. The number of nitrogens with one attached hydrogen (secondary N) is 2. The highest BCUT2D eigenvalue weighted by molar-refractivity contribution is 7.13. The van der Waals surface area contributed by atoms with Crippen LogP contribution in [0.1, 0.15) is 52.7 Å². The molecule has 1 aromatic carbocycles. The molecule has 0 aliphatic carbocycles.